The minimum absolute atomic E-state index is 0.338. The van der Waals surface area contributed by atoms with Crippen LogP contribution in [0.1, 0.15) is 5.82 Å². The van der Waals surface area contributed by atoms with E-state index < -0.39 is 0 Å². The number of hydrogen-bond donors (Lipinski definition) is 1. The molecule has 2 aromatic rings. The summed E-state index contributed by atoms with van der Waals surface area (Å²) in [6.45, 7) is 0. The number of aromatic nitrogens is 2. The summed E-state index contributed by atoms with van der Waals surface area (Å²) >= 11 is 10.8. The molecular weight excluding hydrogens is 228 g/mol. The Morgan fingerprint density at radius 2 is 2.00 bits per heavy atom. The van der Waals surface area contributed by atoms with E-state index in [1.54, 1.807) is 0 Å². The number of H-pyrrole nitrogens is 1. The van der Waals surface area contributed by atoms with Crippen LogP contribution in [0.5, 0.6) is 0 Å². The zero-order valence-corrected chi connectivity index (χ0v) is 9.48. The van der Waals surface area contributed by atoms with Gasteiger partial charge in [0.05, 0.1) is 5.88 Å². The molecule has 1 N–H and O–H groups in total. The van der Waals surface area contributed by atoms with Crippen molar-refractivity contribution in [3.8, 4) is 11.3 Å². The predicted octanol–water partition coefficient (Wildman–Crippen LogP) is 3.54. The molecule has 0 radical (unpaired) electrons. The lowest BCUT2D eigenvalue weighted by Gasteiger charge is -2.03. The van der Waals surface area contributed by atoms with Crippen LogP contribution < -0.4 is 0 Å². The first-order valence-electron chi connectivity index (χ1n) is 4.51. The van der Waals surface area contributed by atoms with Crippen molar-refractivity contribution in [3.63, 3.8) is 0 Å². The molecule has 0 fully saturated rings. The van der Waals surface area contributed by atoms with E-state index in [-0.39, 0.29) is 0 Å². The molecule has 1 aromatic carbocycles. The quantitative estimate of drug-likeness (QED) is 0.638. The van der Waals surface area contributed by atoms with Crippen LogP contribution in [-0.2, 0) is 5.88 Å². The normalized spacial score (nSPS) is 10.2. The van der Waals surface area contributed by atoms with Crippen molar-refractivity contribution in [3.05, 3.63) is 46.9 Å². The lowest BCUT2D eigenvalue weighted by molar-refractivity contribution is 1.02. The van der Waals surface area contributed by atoms with Crippen LogP contribution in [0, 0.1) is 4.64 Å². The highest BCUT2D eigenvalue weighted by Gasteiger charge is 1.99. The van der Waals surface area contributed by atoms with E-state index in [1.807, 2.05) is 36.4 Å². The Morgan fingerprint density at radius 3 is 2.67 bits per heavy atom. The number of halogens is 1. The Labute approximate surface area is 98.0 Å². The third-order valence-corrected chi connectivity index (χ3v) is 2.47. The van der Waals surface area contributed by atoms with Crippen molar-refractivity contribution in [1.29, 1.82) is 0 Å². The fourth-order valence-electron chi connectivity index (χ4n) is 1.34. The van der Waals surface area contributed by atoms with Gasteiger partial charge in [-0.05, 0) is 11.6 Å². The molecular formula is C11H9ClN2S. The van der Waals surface area contributed by atoms with Gasteiger partial charge in [0.15, 0.2) is 0 Å². The second kappa shape index (κ2) is 4.55. The van der Waals surface area contributed by atoms with Crippen LogP contribution >= 0.6 is 23.8 Å². The number of alkyl halides is 1. The Bertz CT molecular complexity index is 507. The summed E-state index contributed by atoms with van der Waals surface area (Å²) in [5, 5.41) is 0. The standard InChI is InChI=1S/C11H9ClN2S/c12-7-10-13-9(6-11(15)14-10)8-4-2-1-3-5-8/h1-6H,7H2,(H,13,14,15). The summed E-state index contributed by atoms with van der Waals surface area (Å²) in [6.07, 6.45) is 0. The smallest absolute Gasteiger partial charge is 0.130 e. The van der Waals surface area contributed by atoms with Crippen molar-refractivity contribution >= 4 is 23.8 Å². The first-order chi connectivity index (χ1) is 7.29. The van der Waals surface area contributed by atoms with E-state index in [0.29, 0.717) is 16.3 Å². The first-order valence-corrected chi connectivity index (χ1v) is 5.45. The van der Waals surface area contributed by atoms with Crippen LogP contribution in [0.25, 0.3) is 11.3 Å². The molecule has 15 heavy (non-hydrogen) atoms. The van der Waals surface area contributed by atoms with Crippen molar-refractivity contribution in [2.75, 3.05) is 0 Å². The van der Waals surface area contributed by atoms with E-state index in [1.165, 1.54) is 0 Å². The molecule has 0 bridgehead atoms. The maximum atomic E-state index is 5.72. The maximum Gasteiger partial charge on any atom is 0.130 e. The van der Waals surface area contributed by atoms with Crippen molar-refractivity contribution in [2.45, 2.75) is 5.88 Å². The molecule has 0 unspecified atom stereocenters. The Balaban J connectivity index is 2.54. The molecule has 1 aromatic heterocycles. The largest absolute Gasteiger partial charge is 0.342 e. The molecule has 2 nitrogen and oxygen atoms in total. The number of hydrogen-bond acceptors (Lipinski definition) is 2. The molecule has 0 aliphatic rings. The second-order valence-electron chi connectivity index (χ2n) is 3.08. The molecule has 0 amide bonds. The highest BCUT2D eigenvalue weighted by Crippen LogP contribution is 2.16. The number of nitrogens with zero attached hydrogens (tertiary/aromatic N) is 1. The fourth-order valence-corrected chi connectivity index (χ4v) is 1.70. The van der Waals surface area contributed by atoms with Gasteiger partial charge in [-0.15, -0.1) is 11.6 Å². The zero-order valence-electron chi connectivity index (χ0n) is 7.90. The summed E-state index contributed by atoms with van der Waals surface area (Å²) in [6, 6.07) is 11.8. The maximum absolute atomic E-state index is 5.72. The second-order valence-corrected chi connectivity index (χ2v) is 3.76. The van der Waals surface area contributed by atoms with Gasteiger partial charge in [0.1, 0.15) is 10.5 Å². The van der Waals surface area contributed by atoms with Crippen molar-refractivity contribution in [2.24, 2.45) is 0 Å². The molecule has 0 aliphatic heterocycles. The number of nitrogens with one attached hydrogen (secondary N) is 1. The van der Waals surface area contributed by atoms with Crippen molar-refractivity contribution < 1.29 is 0 Å². The van der Waals surface area contributed by atoms with Gasteiger partial charge >= 0.3 is 0 Å². The van der Waals surface area contributed by atoms with Gasteiger partial charge < -0.3 is 4.98 Å². The number of rotatable bonds is 2. The fraction of sp³-hybridized carbons (Fsp3) is 0.0909. The molecule has 4 heteroatoms. The van der Waals surface area contributed by atoms with Crippen LogP contribution in [0.2, 0.25) is 0 Å². The predicted molar refractivity (Wildman–Crippen MR) is 64.4 cm³/mol. The number of aromatic amines is 1. The van der Waals surface area contributed by atoms with Crippen LogP contribution in [0.15, 0.2) is 36.4 Å². The monoisotopic (exact) mass is 236 g/mol. The Hall–Kier alpha value is -1.19. The van der Waals surface area contributed by atoms with Crippen LogP contribution in [0.4, 0.5) is 0 Å². The summed E-state index contributed by atoms with van der Waals surface area (Å²) in [4.78, 5) is 7.25. The molecule has 0 aliphatic carbocycles. The minimum atomic E-state index is 0.338. The third kappa shape index (κ3) is 2.43. The summed E-state index contributed by atoms with van der Waals surface area (Å²) in [5.41, 5.74) is 2.03. The van der Waals surface area contributed by atoms with Crippen LogP contribution in [0.3, 0.4) is 0 Å². The lowest BCUT2D eigenvalue weighted by atomic mass is 10.1. The van der Waals surface area contributed by atoms with E-state index in [0.717, 1.165) is 11.3 Å². The molecule has 0 spiro atoms. The third-order valence-electron chi connectivity index (χ3n) is 2.00. The van der Waals surface area contributed by atoms with E-state index in [2.05, 4.69) is 9.97 Å². The van der Waals surface area contributed by atoms with E-state index in [9.17, 15) is 0 Å². The molecule has 0 saturated carbocycles. The van der Waals surface area contributed by atoms with E-state index >= 15 is 0 Å². The SMILES string of the molecule is S=c1cc(-c2ccccc2)[nH]c(CCl)n1. The number of benzene rings is 1. The molecule has 0 saturated heterocycles. The molecule has 0 atom stereocenters. The van der Waals surface area contributed by atoms with Gasteiger partial charge in [-0.1, -0.05) is 42.5 Å². The molecule has 1 heterocycles. The van der Waals surface area contributed by atoms with Gasteiger partial charge in [-0.3, -0.25) is 0 Å². The topological polar surface area (TPSA) is 28.7 Å². The Morgan fingerprint density at radius 1 is 1.27 bits per heavy atom. The molecule has 76 valence electrons. The average molecular weight is 237 g/mol. The van der Waals surface area contributed by atoms with Crippen LogP contribution in [-0.4, -0.2) is 9.97 Å². The van der Waals surface area contributed by atoms with Crippen molar-refractivity contribution in [1.82, 2.24) is 9.97 Å². The summed E-state index contributed by atoms with van der Waals surface area (Å²) in [5.74, 6) is 1.03. The van der Waals surface area contributed by atoms with Gasteiger partial charge in [0.2, 0.25) is 0 Å². The summed E-state index contributed by atoms with van der Waals surface area (Å²) in [7, 11) is 0. The van der Waals surface area contributed by atoms with Gasteiger partial charge in [-0.2, -0.15) is 0 Å². The Kier molecular flexibility index (Phi) is 3.14. The summed E-state index contributed by atoms with van der Waals surface area (Å²) < 4.78 is 0.559. The molecule has 2 rings (SSSR count). The minimum Gasteiger partial charge on any atom is -0.342 e. The van der Waals surface area contributed by atoms with Gasteiger partial charge in [-0.25, -0.2) is 4.98 Å². The van der Waals surface area contributed by atoms with Gasteiger partial charge in [0, 0.05) is 5.69 Å². The highest BCUT2D eigenvalue weighted by atomic mass is 35.5. The lowest BCUT2D eigenvalue weighted by Crippen LogP contribution is -1.94. The first kappa shape index (κ1) is 10.3. The zero-order chi connectivity index (χ0) is 10.7. The average Bonchev–Trinajstić information content (AvgIpc) is 2.29. The van der Waals surface area contributed by atoms with E-state index in [4.69, 9.17) is 23.8 Å². The highest BCUT2D eigenvalue weighted by molar-refractivity contribution is 7.71. The van der Waals surface area contributed by atoms with Gasteiger partial charge in [0.25, 0.3) is 0 Å².